The zero-order chi connectivity index (χ0) is 13.3. The second-order valence-corrected chi connectivity index (χ2v) is 6.90. The normalized spacial score (nSPS) is 22.4. The van der Waals surface area contributed by atoms with Crippen LogP contribution in [0.1, 0.15) is 19.4 Å². The average molecular weight is 289 g/mol. The number of nitrogens with zero attached hydrogens (tertiary/aromatic N) is 1. The van der Waals surface area contributed by atoms with Gasteiger partial charge in [-0.1, -0.05) is 0 Å². The van der Waals surface area contributed by atoms with Crippen molar-refractivity contribution < 1.29 is 18.5 Å². The average Bonchev–Trinajstić information content (AvgIpc) is 2.26. The van der Waals surface area contributed by atoms with Gasteiger partial charge in [0.1, 0.15) is 5.75 Å². The van der Waals surface area contributed by atoms with Gasteiger partial charge < -0.3 is 4.52 Å². The molecule has 2 rings (SSSR count). The maximum absolute atomic E-state index is 10.6. The van der Waals surface area contributed by atoms with Crippen LogP contribution in [-0.2, 0) is 27.5 Å². The van der Waals surface area contributed by atoms with E-state index in [9.17, 15) is 10.1 Å². The van der Waals surface area contributed by atoms with Gasteiger partial charge in [-0.05, 0) is 19.9 Å². The molecule has 1 aromatic rings. The van der Waals surface area contributed by atoms with Gasteiger partial charge in [-0.2, -0.15) is 0 Å². The van der Waals surface area contributed by atoms with E-state index in [1.807, 2.05) is 13.8 Å². The lowest BCUT2D eigenvalue weighted by atomic mass is 10.2. The molecule has 1 unspecified atom stereocenters. The van der Waals surface area contributed by atoms with Gasteiger partial charge in [-0.15, -0.1) is 0 Å². The Hall–Kier alpha value is -1.01. The van der Waals surface area contributed by atoms with Crippen molar-refractivity contribution in [3.63, 3.8) is 0 Å². The lowest BCUT2D eigenvalue weighted by Crippen LogP contribution is -2.12. The smallest absolute Gasteiger partial charge is 0.381 e. The molecule has 0 N–H and O–H groups in total. The molecule has 1 aromatic carbocycles. The Kier molecular flexibility index (Phi) is 3.68. The Labute approximate surface area is 109 Å². The van der Waals surface area contributed by atoms with Crippen molar-refractivity contribution in [2.45, 2.75) is 26.6 Å². The topological polar surface area (TPSA) is 70.8 Å². The monoisotopic (exact) mass is 289 g/mol. The molecule has 1 heterocycles. The van der Waals surface area contributed by atoms with Gasteiger partial charge in [0.05, 0.1) is 17.6 Å². The highest BCUT2D eigenvalue weighted by Crippen LogP contribution is 2.55. The van der Waals surface area contributed by atoms with E-state index < -0.39 is 11.6 Å². The molecule has 6 nitrogen and oxygen atoms in total. The van der Waals surface area contributed by atoms with Gasteiger partial charge >= 0.3 is 6.72 Å². The summed E-state index contributed by atoms with van der Waals surface area (Å²) >= 11 is 5.20. The highest BCUT2D eigenvalue weighted by molar-refractivity contribution is 8.07. The summed E-state index contributed by atoms with van der Waals surface area (Å²) in [5.74, 6) is 0.496. The van der Waals surface area contributed by atoms with Crippen LogP contribution in [0.2, 0.25) is 0 Å². The molecule has 0 saturated heterocycles. The maximum atomic E-state index is 10.6. The first-order chi connectivity index (χ1) is 8.39. The van der Waals surface area contributed by atoms with Crippen molar-refractivity contribution >= 4 is 24.2 Å². The first kappa shape index (κ1) is 13.4. The number of rotatable bonds is 3. The van der Waals surface area contributed by atoms with E-state index in [2.05, 4.69) is 0 Å². The van der Waals surface area contributed by atoms with Gasteiger partial charge in [0.15, 0.2) is 0 Å². The van der Waals surface area contributed by atoms with E-state index in [-0.39, 0.29) is 18.4 Å². The van der Waals surface area contributed by atoms with Crippen molar-refractivity contribution in [2.75, 3.05) is 0 Å². The summed E-state index contributed by atoms with van der Waals surface area (Å²) < 4.78 is 16.4. The fraction of sp³-hybridized carbons (Fsp3) is 0.400. The minimum atomic E-state index is -2.78. The van der Waals surface area contributed by atoms with Crippen molar-refractivity contribution in [1.82, 2.24) is 0 Å². The molecule has 0 aromatic heterocycles. The number of nitro benzene ring substituents is 1. The molecular formula is C10H12NO5PS. The third kappa shape index (κ3) is 2.87. The number of nitro groups is 1. The van der Waals surface area contributed by atoms with Crippen LogP contribution in [0.3, 0.4) is 0 Å². The van der Waals surface area contributed by atoms with Crippen LogP contribution in [0.4, 0.5) is 5.69 Å². The van der Waals surface area contributed by atoms with E-state index in [0.29, 0.717) is 11.3 Å². The molecule has 98 valence electrons. The van der Waals surface area contributed by atoms with Crippen LogP contribution in [0.25, 0.3) is 0 Å². The SMILES string of the molecule is CC(C)OP1(=S)OCc2cc([N+](=O)[O-])ccc2O1. The highest BCUT2D eigenvalue weighted by atomic mass is 32.5. The minimum Gasteiger partial charge on any atom is -0.424 e. The molecule has 0 aliphatic carbocycles. The van der Waals surface area contributed by atoms with Gasteiger partial charge in [-0.3, -0.25) is 19.2 Å². The summed E-state index contributed by atoms with van der Waals surface area (Å²) in [5.41, 5.74) is 0.609. The van der Waals surface area contributed by atoms with Crippen LogP contribution in [0, 0.1) is 10.1 Å². The minimum absolute atomic E-state index is 0.000861. The second kappa shape index (κ2) is 4.93. The Morgan fingerprint density at radius 1 is 1.56 bits per heavy atom. The van der Waals surface area contributed by atoms with Gasteiger partial charge in [-0.25, -0.2) is 0 Å². The van der Waals surface area contributed by atoms with E-state index in [1.54, 1.807) is 0 Å². The molecular weight excluding hydrogens is 277 g/mol. The van der Waals surface area contributed by atoms with Crippen molar-refractivity contribution in [2.24, 2.45) is 0 Å². The summed E-state index contributed by atoms with van der Waals surface area (Å²) in [6.45, 7) is 1.07. The third-order valence-corrected chi connectivity index (χ3v) is 4.53. The summed E-state index contributed by atoms with van der Waals surface area (Å²) in [4.78, 5) is 10.2. The highest BCUT2D eigenvalue weighted by Gasteiger charge is 2.31. The van der Waals surface area contributed by atoms with Crippen LogP contribution in [0.5, 0.6) is 5.75 Å². The quantitative estimate of drug-likeness (QED) is 0.483. The molecule has 0 amide bonds. The molecule has 1 atom stereocenters. The lowest BCUT2D eigenvalue weighted by molar-refractivity contribution is -0.385. The van der Waals surface area contributed by atoms with Gasteiger partial charge in [0.25, 0.3) is 5.69 Å². The fourth-order valence-electron chi connectivity index (χ4n) is 1.49. The fourth-order valence-corrected chi connectivity index (χ4v) is 3.79. The van der Waals surface area contributed by atoms with Crippen molar-refractivity contribution in [3.05, 3.63) is 33.9 Å². The second-order valence-electron chi connectivity index (χ2n) is 4.02. The molecule has 0 spiro atoms. The maximum Gasteiger partial charge on any atom is 0.381 e. The van der Waals surface area contributed by atoms with Crippen LogP contribution in [0.15, 0.2) is 18.2 Å². The van der Waals surface area contributed by atoms with Crippen molar-refractivity contribution in [1.29, 1.82) is 0 Å². The van der Waals surface area contributed by atoms with E-state index >= 15 is 0 Å². The summed E-state index contributed by atoms with van der Waals surface area (Å²) in [5, 5.41) is 10.6. The molecule has 1 aliphatic rings. The molecule has 1 aliphatic heterocycles. The number of non-ortho nitro benzene ring substituents is 1. The Balaban J connectivity index is 2.26. The van der Waals surface area contributed by atoms with E-state index in [1.165, 1.54) is 18.2 Å². The first-order valence-electron chi connectivity index (χ1n) is 5.29. The zero-order valence-corrected chi connectivity index (χ0v) is 11.6. The zero-order valence-electron chi connectivity index (χ0n) is 9.86. The Morgan fingerprint density at radius 2 is 2.28 bits per heavy atom. The summed E-state index contributed by atoms with van der Waals surface area (Å²) in [6, 6.07) is 4.32. The van der Waals surface area contributed by atoms with Crippen LogP contribution in [-0.4, -0.2) is 11.0 Å². The standard InChI is InChI=1S/C10H12NO5PS/c1-7(2)15-17(18)14-6-8-5-9(11(12)13)3-4-10(8)16-17/h3-5,7H,6H2,1-2H3. The van der Waals surface area contributed by atoms with Gasteiger partial charge in [0, 0.05) is 29.5 Å². The molecule has 18 heavy (non-hydrogen) atoms. The van der Waals surface area contributed by atoms with E-state index in [0.717, 1.165) is 0 Å². The predicted octanol–water partition coefficient (Wildman–Crippen LogP) is 3.15. The Morgan fingerprint density at radius 3 is 2.89 bits per heavy atom. The number of fused-ring (bicyclic) bond motifs is 1. The van der Waals surface area contributed by atoms with Gasteiger partial charge in [0.2, 0.25) is 0 Å². The largest absolute Gasteiger partial charge is 0.424 e. The molecule has 8 heteroatoms. The number of hydrogen-bond donors (Lipinski definition) is 0. The number of hydrogen-bond acceptors (Lipinski definition) is 6. The van der Waals surface area contributed by atoms with Crippen LogP contribution >= 0.6 is 6.72 Å². The van der Waals surface area contributed by atoms with Crippen LogP contribution < -0.4 is 4.52 Å². The number of benzene rings is 1. The summed E-state index contributed by atoms with van der Waals surface area (Å²) in [7, 11) is 0. The summed E-state index contributed by atoms with van der Waals surface area (Å²) in [6.07, 6.45) is -0.101. The lowest BCUT2D eigenvalue weighted by Gasteiger charge is -2.29. The first-order valence-corrected chi connectivity index (χ1v) is 7.85. The molecule has 0 radical (unpaired) electrons. The molecule has 0 fully saturated rings. The van der Waals surface area contributed by atoms with Crippen molar-refractivity contribution in [3.8, 4) is 5.75 Å². The molecule has 0 saturated carbocycles. The molecule has 0 bridgehead atoms. The van der Waals surface area contributed by atoms with E-state index in [4.69, 9.17) is 25.4 Å². The third-order valence-electron chi connectivity index (χ3n) is 2.18. The Bertz CT molecular complexity index is 533. The predicted molar refractivity (Wildman–Crippen MR) is 69.0 cm³/mol.